The Kier molecular flexibility index (Phi) is 8.07. The molecule has 0 aliphatic rings. The molecule has 0 aromatic carbocycles. The van der Waals surface area contributed by atoms with Gasteiger partial charge in [-0.25, -0.2) is 0 Å². The van der Waals surface area contributed by atoms with Gasteiger partial charge in [0.05, 0.1) is 11.5 Å². The van der Waals surface area contributed by atoms with Crippen molar-refractivity contribution < 1.29 is 14.7 Å². The van der Waals surface area contributed by atoms with E-state index in [1.807, 2.05) is 6.92 Å². The molecular formula is C11H21NO3S. The molecule has 0 aliphatic heterocycles. The Morgan fingerprint density at radius 3 is 2.38 bits per heavy atom. The Morgan fingerprint density at radius 1 is 1.31 bits per heavy atom. The molecule has 1 amide bonds. The zero-order chi connectivity index (χ0) is 12.6. The summed E-state index contributed by atoms with van der Waals surface area (Å²) in [6.45, 7) is 7.61. The summed E-state index contributed by atoms with van der Waals surface area (Å²) in [6, 6.07) is 0. The monoisotopic (exact) mass is 247 g/mol. The van der Waals surface area contributed by atoms with E-state index < -0.39 is 5.97 Å². The van der Waals surface area contributed by atoms with Crippen LogP contribution in [0.1, 0.15) is 27.2 Å². The van der Waals surface area contributed by atoms with Crippen molar-refractivity contribution in [1.29, 1.82) is 0 Å². The van der Waals surface area contributed by atoms with E-state index >= 15 is 0 Å². The van der Waals surface area contributed by atoms with Crippen molar-refractivity contribution in [3.8, 4) is 0 Å². The third kappa shape index (κ3) is 6.71. The van der Waals surface area contributed by atoms with Crippen molar-refractivity contribution in [1.82, 2.24) is 4.90 Å². The molecular weight excluding hydrogens is 226 g/mol. The zero-order valence-corrected chi connectivity index (χ0v) is 11.0. The number of carboxylic acid groups (broad SMARTS) is 1. The summed E-state index contributed by atoms with van der Waals surface area (Å²) >= 11 is 1.16. The lowest BCUT2D eigenvalue weighted by molar-refractivity contribution is -0.133. The van der Waals surface area contributed by atoms with Crippen LogP contribution in [0.25, 0.3) is 0 Å². The van der Waals surface area contributed by atoms with Crippen molar-refractivity contribution in [2.75, 3.05) is 24.6 Å². The fraction of sp³-hybridized carbons (Fsp3) is 0.818. The molecule has 1 unspecified atom stereocenters. The fourth-order valence-corrected chi connectivity index (χ4v) is 1.86. The number of carbonyl (C=O) groups is 2. The normalized spacial score (nSPS) is 12.2. The van der Waals surface area contributed by atoms with Crippen LogP contribution >= 0.6 is 11.8 Å². The molecule has 0 spiro atoms. The lowest BCUT2D eigenvalue weighted by Gasteiger charge is -2.23. The molecule has 5 heteroatoms. The predicted molar refractivity (Wildman–Crippen MR) is 66.7 cm³/mol. The van der Waals surface area contributed by atoms with Crippen LogP contribution in [0.5, 0.6) is 0 Å². The van der Waals surface area contributed by atoms with Gasteiger partial charge in [0.25, 0.3) is 0 Å². The van der Waals surface area contributed by atoms with Gasteiger partial charge in [0.1, 0.15) is 0 Å². The van der Waals surface area contributed by atoms with Crippen molar-refractivity contribution in [2.45, 2.75) is 27.2 Å². The van der Waals surface area contributed by atoms with Gasteiger partial charge in [-0.1, -0.05) is 20.3 Å². The molecule has 0 rings (SSSR count). The first-order chi connectivity index (χ1) is 7.51. The van der Waals surface area contributed by atoms with Gasteiger partial charge in [-0.05, 0) is 12.8 Å². The van der Waals surface area contributed by atoms with Gasteiger partial charge in [-0.2, -0.15) is 0 Å². The highest BCUT2D eigenvalue weighted by atomic mass is 32.2. The highest BCUT2D eigenvalue weighted by Crippen LogP contribution is 2.07. The molecule has 0 radical (unpaired) electrons. The highest BCUT2D eigenvalue weighted by molar-refractivity contribution is 8.00. The maximum Gasteiger partial charge on any atom is 0.313 e. The SMILES string of the molecule is CCC(C)CN(CC)C(=O)CSCC(=O)O. The Morgan fingerprint density at radius 2 is 1.94 bits per heavy atom. The molecule has 0 saturated heterocycles. The molecule has 4 nitrogen and oxygen atoms in total. The first-order valence-electron chi connectivity index (χ1n) is 5.58. The Hall–Kier alpha value is -0.710. The molecule has 0 fully saturated rings. The lowest BCUT2D eigenvalue weighted by Crippen LogP contribution is -2.35. The summed E-state index contributed by atoms with van der Waals surface area (Å²) in [5.74, 6) is -0.0892. The first kappa shape index (κ1) is 15.3. The third-order valence-electron chi connectivity index (χ3n) is 2.41. The molecule has 0 aromatic heterocycles. The van der Waals surface area contributed by atoms with Crippen molar-refractivity contribution in [3.05, 3.63) is 0 Å². The van der Waals surface area contributed by atoms with E-state index in [1.165, 1.54) is 0 Å². The minimum Gasteiger partial charge on any atom is -0.481 e. The van der Waals surface area contributed by atoms with E-state index in [0.29, 0.717) is 12.5 Å². The average Bonchev–Trinajstić information content (AvgIpc) is 2.24. The van der Waals surface area contributed by atoms with Crippen molar-refractivity contribution in [3.63, 3.8) is 0 Å². The summed E-state index contributed by atoms with van der Waals surface area (Å²) in [5.41, 5.74) is 0. The second kappa shape index (κ2) is 8.44. The second-order valence-electron chi connectivity index (χ2n) is 3.83. The molecule has 1 N–H and O–H groups in total. The number of rotatable bonds is 8. The van der Waals surface area contributed by atoms with E-state index in [1.54, 1.807) is 4.90 Å². The van der Waals surface area contributed by atoms with Gasteiger partial charge >= 0.3 is 5.97 Å². The number of hydrogen-bond donors (Lipinski definition) is 1. The highest BCUT2D eigenvalue weighted by Gasteiger charge is 2.14. The summed E-state index contributed by atoms with van der Waals surface area (Å²) in [5, 5.41) is 8.46. The van der Waals surface area contributed by atoms with Crippen molar-refractivity contribution >= 4 is 23.6 Å². The fourth-order valence-electron chi connectivity index (χ4n) is 1.23. The summed E-state index contributed by atoms with van der Waals surface area (Å²) < 4.78 is 0. The van der Waals surface area contributed by atoms with Gasteiger partial charge in [0.2, 0.25) is 5.91 Å². The minimum absolute atomic E-state index is 0.00732. The number of carboxylic acids is 1. The first-order valence-corrected chi connectivity index (χ1v) is 6.74. The Labute approximate surface area is 101 Å². The van der Waals surface area contributed by atoms with E-state index in [4.69, 9.17) is 5.11 Å². The second-order valence-corrected chi connectivity index (χ2v) is 4.82. The van der Waals surface area contributed by atoms with Crippen LogP contribution < -0.4 is 0 Å². The van der Waals surface area contributed by atoms with Gasteiger partial charge in [0, 0.05) is 13.1 Å². The van der Waals surface area contributed by atoms with Crippen LogP contribution in [0.4, 0.5) is 0 Å². The molecule has 16 heavy (non-hydrogen) atoms. The quantitative estimate of drug-likeness (QED) is 0.709. The zero-order valence-electron chi connectivity index (χ0n) is 10.2. The van der Waals surface area contributed by atoms with E-state index in [2.05, 4.69) is 13.8 Å². The van der Waals surface area contributed by atoms with E-state index in [-0.39, 0.29) is 17.4 Å². The topological polar surface area (TPSA) is 57.6 Å². The Balaban J connectivity index is 3.96. The Bertz CT molecular complexity index is 233. The number of aliphatic carboxylic acids is 1. The predicted octanol–water partition coefficient (Wildman–Crippen LogP) is 1.70. The number of amides is 1. The molecule has 0 bridgehead atoms. The molecule has 0 heterocycles. The maximum absolute atomic E-state index is 11.7. The molecule has 0 aliphatic carbocycles. The summed E-state index contributed by atoms with van der Waals surface area (Å²) in [4.78, 5) is 23.8. The number of thioether (sulfide) groups is 1. The third-order valence-corrected chi connectivity index (χ3v) is 3.32. The average molecular weight is 247 g/mol. The van der Waals surface area contributed by atoms with Crippen LogP contribution in [0.2, 0.25) is 0 Å². The minimum atomic E-state index is -0.872. The lowest BCUT2D eigenvalue weighted by atomic mass is 10.1. The molecule has 0 aromatic rings. The maximum atomic E-state index is 11.7. The van der Waals surface area contributed by atoms with Gasteiger partial charge in [-0.3, -0.25) is 9.59 Å². The van der Waals surface area contributed by atoms with Gasteiger partial charge in [0.15, 0.2) is 0 Å². The largest absolute Gasteiger partial charge is 0.481 e. The van der Waals surface area contributed by atoms with Crippen LogP contribution in [-0.4, -0.2) is 46.5 Å². The molecule has 94 valence electrons. The number of carbonyl (C=O) groups excluding carboxylic acids is 1. The van der Waals surface area contributed by atoms with Crippen LogP contribution in [-0.2, 0) is 9.59 Å². The smallest absolute Gasteiger partial charge is 0.313 e. The van der Waals surface area contributed by atoms with E-state index in [0.717, 1.165) is 24.7 Å². The van der Waals surface area contributed by atoms with Gasteiger partial charge in [-0.15, -0.1) is 11.8 Å². The van der Waals surface area contributed by atoms with Crippen molar-refractivity contribution in [2.24, 2.45) is 5.92 Å². The molecule has 0 saturated carbocycles. The number of nitrogens with zero attached hydrogens (tertiary/aromatic N) is 1. The molecule has 1 atom stereocenters. The van der Waals surface area contributed by atoms with Crippen LogP contribution in [0, 0.1) is 5.92 Å². The van der Waals surface area contributed by atoms with Crippen LogP contribution in [0.3, 0.4) is 0 Å². The summed E-state index contributed by atoms with van der Waals surface area (Å²) in [7, 11) is 0. The van der Waals surface area contributed by atoms with E-state index in [9.17, 15) is 9.59 Å². The van der Waals surface area contributed by atoms with Gasteiger partial charge < -0.3 is 10.0 Å². The number of hydrogen-bond acceptors (Lipinski definition) is 3. The standard InChI is InChI=1S/C11H21NO3S/c1-4-9(3)6-12(5-2)10(13)7-16-8-11(14)15/h9H,4-8H2,1-3H3,(H,14,15). The summed E-state index contributed by atoms with van der Waals surface area (Å²) in [6.07, 6.45) is 1.05. The van der Waals surface area contributed by atoms with Crippen LogP contribution in [0.15, 0.2) is 0 Å².